The fourth-order valence-corrected chi connectivity index (χ4v) is 2.11. The normalized spacial score (nSPS) is 11.9. The van der Waals surface area contributed by atoms with Crippen LogP contribution < -0.4 is 14.8 Å². The summed E-state index contributed by atoms with van der Waals surface area (Å²) in [5.41, 5.74) is 1.11. The second-order valence-corrected chi connectivity index (χ2v) is 4.79. The Balaban J connectivity index is 2.16. The highest BCUT2D eigenvalue weighted by atomic mass is 16.5. The summed E-state index contributed by atoms with van der Waals surface area (Å²) in [4.78, 5) is 4.17. The Morgan fingerprint density at radius 2 is 2.00 bits per heavy atom. The van der Waals surface area contributed by atoms with Crippen molar-refractivity contribution in [2.45, 2.75) is 12.5 Å². The Kier molecular flexibility index (Phi) is 6.67. The van der Waals surface area contributed by atoms with Gasteiger partial charge in [0, 0.05) is 12.6 Å². The molecular weight excluding hydrogens is 280 g/mol. The quantitative estimate of drug-likeness (QED) is 0.743. The molecule has 2 N–H and O–H groups in total. The molecule has 0 saturated carbocycles. The molecule has 1 heterocycles. The molecule has 0 saturated heterocycles. The van der Waals surface area contributed by atoms with E-state index < -0.39 is 0 Å². The molecular formula is C17H22N2O3. The lowest BCUT2D eigenvalue weighted by Gasteiger charge is -2.20. The summed E-state index contributed by atoms with van der Waals surface area (Å²) in [6.07, 6.45) is 2.38. The van der Waals surface area contributed by atoms with Gasteiger partial charge < -0.3 is 19.9 Å². The van der Waals surface area contributed by atoms with Gasteiger partial charge in [0.15, 0.2) is 5.75 Å². The van der Waals surface area contributed by atoms with E-state index in [0.717, 1.165) is 18.5 Å². The van der Waals surface area contributed by atoms with Crippen LogP contribution in [0.2, 0.25) is 0 Å². The number of pyridine rings is 1. The molecule has 0 fully saturated rings. The van der Waals surface area contributed by atoms with E-state index in [1.165, 1.54) is 0 Å². The van der Waals surface area contributed by atoms with Crippen LogP contribution in [0.5, 0.6) is 11.6 Å². The van der Waals surface area contributed by atoms with Crippen molar-refractivity contribution in [3.8, 4) is 11.6 Å². The number of benzene rings is 1. The van der Waals surface area contributed by atoms with Crippen molar-refractivity contribution in [3.05, 3.63) is 54.2 Å². The fraction of sp³-hybridized carbons (Fsp3) is 0.353. The van der Waals surface area contributed by atoms with Crippen LogP contribution in [0.4, 0.5) is 0 Å². The summed E-state index contributed by atoms with van der Waals surface area (Å²) >= 11 is 0. The third kappa shape index (κ3) is 4.72. The van der Waals surface area contributed by atoms with Crippen molar-refractivity contribution >= 4 is 0 Å². The SMILES string of the molecule is CNCC[C@@H](Oc1cccnc1OCCO)c1ccccc1. The number of rotatable bonds is 9. The monoisotopic (exact) mass is 302 g/mol. The molecule has 0 spiro atoms. The van der Waals surface area contributed by atoms with E-state index in [-0.39, 0.29) is 19.3 Å². The predicted molar refractivity (Wildman–Crippen MR) is 85.2 cm³/mol. The smallest absolute Gasteiger partial charge is 0.257 e. The number of nitrogens with zero attached hydrogens (tertiary/aromatic N) is 1. The van der Waals surface area contributed by atoms with E-state index in [2.05, 4.69) is 10.3 Å². The number of hydrogen-bond donors (Lipinski definition) is 2. The van der Waals surface area contributed by atoms with Gasteiger partial charge in [-0.05, 0) is 31.3 Å². The van der Waals surface area contributed by atoms with Gasteiger partial charge in [0.1, 0.15) is 12.7 Å². The van der Waals surface area contributed by atoms with Crippen LogP contribution in [0, 0.1) is 0 Å². The number of aliphatic hydroxyl groups is 1. The first-order chi connectivity index (χ1) is 10.8. The van der Waals surface area contributed by atoms with E-state index >= 15 is 0 Å². The number of ether oxygens (including phenoxy) is 2. The van der Waals surface area contributed by atoms with Crippen LogP contribution in [0.1, 0.15) is 18.1 Å². The minimum atomic E-state index is -0.0886. The summed E-state index contributed by atoms with van der Waals surface area (Å²) in [6, 6.07) is 13.7. The van der Waals surface area contributed by atoms with Gasteiger partial charge in [0.25, 0.3) is 5.88 Å². The maximum absolute atomic E-state index is 8.89. The van der Waals surface area contributed by atoms with E-state index in [4.69, 9.17) is 14.6 Å². The topological polar surface area (TPSA) is 63.6 Å². The molecule has 2 rings (SSSR count). The molecule has 1 atom stereocenters. The van der Waals surface area contributed by atoms with Gasteiger partial charge in [-0.3, -0.25) is 0 Å². The molecule has 0 unspecified atom stereocenters. The van der Waals surface area contributed by atoms with E-state index in [1.807, 2.05) is 43.4 Å². The zero-order valence-electron chi connectivity index (χ0n) is 12.7. The zero-order chi connectivity index (χ0) is 15.6. The molecule has 1 aromatic carbocycles. The molecule has 2 aromatic rings. The third-order valence-electron chi connectivity index (χ3n) is 3.16. The Morgan fingerprint density at radius 3 is 2.73 bits per heavy atom. The lowest BCUT2D eigenvalue weighted by atomic mass is 10.1. The van der Waals surface area contributed by atoms with Crippen molar-refractivity contribution in [2.75, 3.05) is 26.8 Å². The summed E-state index contributed by atoms with van der Waals surface area (Å²) in [5, 5.41) is 12.0. The Hall–Kier alpha value is -2.11. The molecule has 0 aliphatic rings. The van der Waals surface area contributed by atoms with Crippen LogP contribution in [-0.4, -0.2) is 36.9 Å². The first-order valence-corrected chi connectivity index (χ1v) is 7.40. The second-order valence-electron chi connectivity index (χ2n) is 4.79. The van der Waals surface area contributed by atoms with Gasteiger partial charge in [-0.2, -0.15) is 0 Å². The summed E-state index contributed by atoms with van der Waals surface area (Å²) < 4.78 is 11.5. The van der Waals surface area contributed by atoms with Gasteiger partial charge in [0.2, 0.25) is 0 Å². The maximum atomic E-state index is 8.89. The molecule has 0 amide bonds. The van der Waals surface area contributed by atoms with Gasteiger partial charge in [-0.15, -0.1) is 0 Å². The molecule has 22 heavy (non-hydrogen) atoms. The number of aromatic nitrogens is 1. The highest BCUT2D eigenvalue weighted by molar-refractivity contribution is 5.33. The Morgan fingerprint density at radius 1 is 1.18 bits per heavy atom. The number of hydrogen-bond acceptors (Lipinski definition) is 5. The van der Waals surface area contributed by atoms with E-state index in [1.54, 1.807) is 12.3 Å². The lowest BCUT2D eigenvalue weighted by molar-refractivity contribution is 0.163. The van der Waals surface area contributed by atoms with Gasteiger partial charge in [-0.1, -0.05) is 30.3 Å². The fourth-order valence-electron chi connectivity index (χ4n) is 2.11. The highest BCUT2D eigenvalue weighted by Crippen LogP contribution is 2.30. The predicted octanol–water partition coefficient (Wildman–Crippen LogP) is 2.18. The second kappa shape index (κ2) is 9.02. The van der Waals surface area contributed by atoms with Crippen molar-refractivity contribution in [1.82, 2.24) is 10.3 Å². The van der Waals surface area contributed by atoms with Crippen LogP contribution in [0.3, 0.4) is 0 Å². The van der Waals surface area contributed by atoms with Crippen molar-refractivity contribution < 1.29 is 14.6 Å². The number of nitrogens with one attached hydrogen (secondary N) is 1. The minimum Gasteiger partial charge on any atom is -0.480 e. The van der Waals surface area contributed by atoms with Crippen LogP contribution >= 0.6 is 0 Å². The largest absolute Gasteiger partial charge is 0.480 e. The van der Waals surface area contributed by atoms with Gasteiger partial charge >= 0.3 is 0 Å². The van der Waals surface area contributed by atoms with Crippen molar-refractivity contribution in [2.24, 2.45) is 0 Å². The summed E-state index contributed by atoms with van der Waals surface area (Å²) in [5.74, 6) is 0.989. The molecule has 118 valence electrons. The summed E-state index contributed by atoms with van der Waals surface area (Å²) in [7, 11) is 1.92. The Bertz CT molecular complexity index is 549. The molecule has 0 bridgehead atoms. The first kappa shape index (κ1) is 16.3. The first-order valence-electron chi connectivity index (χ1n) is 7.40. The lowest BCUT2D eigenvalue weighted by Crippen LogP contribution is -2.17. The summed E-state index contributed by atoms with van der Waals surface area (Å²) in [6.45, 7) is 0.977. The third-order valence-corrected chi connectivity index (χ3v) is 3.16. The van der Waals surface area contributed by atoms with Gasteiger partial charge in [0.05, 0.1) is 6.61 Å². The Labute approximate surface area is 130 Å². The van der Waals surface area contributed by atoms with Crippen LogP contribution in [0.25, 0.3) is 0 Å². The molecule has 0 aliphatic heterocycles. The minimum absolute atomic E-state index is 0.0577. The van der Waals surface area contributed by atoms with Gasteiger partial charge in [-0.25, -0.2) is 4.98 Å². The molecule has 0 radical (unpaired) electrons. The standard InChI is InChI=1S/C17H22N2O3/c1-18-11-9-15(14-6-3-2-4-7-14)22-16-8-5-10-19-17(16)21-13-12-20/h2-8,10,15,18,20H,9,11-13H2,1H3/t15-/m1/s1. The van der Waals surface area contributed by atoms with Crippen molar-refractivity contribution in [3.63, 3.8) is 0 Å². The maximum Gasteiger partial charge on any atom is 0.257 e. The molecule has 1 aromatic heterocycles. The molecule has 0 aliphatic carbocycles. The van der Waals surface area contributed by atoms with Crippen LogP contribution in [-0.2, 0) is 0 Å². The highest BCUT2D eigenvalue weighted by Gasteiger charge is 2.16. The van der Waals surface area contributed by atoms with E-state index in [9.17, 15) is 0 Å². The molecule has 5 heteroatoms. The molecule has 5 nitrogen and oxygen atoms in total. The van der Waals surface area contributed by atoms with Crippen LogP contribution in [0.15, 0.2) is 48.7 Å². The average Bonchev–Trinajstić information content (AvgIpc) is 2.58. The zero-order valence-corrected chi connectivity index (χ0v) is 12.7. The number of aliphatic hydroxyl groups excluding tert-OH is 1. The van der Waals surface area contributed by atoms with E-state index in [0.29, 0.717) is 11.6 Å². The van der Waals surface area contributed by atoms with Crippen molar-refractivity contribution in [1.29, 1.82) is 0 Å². The average molecular weight is 302 g/mol.